The van der Waals surface area contributed by atoms with E-state index in [-0.39, 0.29) is 24.7 Å². The van der Waals surface area contributed by atoms with Gasteiger partial charge in [0.2, 0.25) is 5.91 Å². The number of benzene rings is 1. The molecule has 4 amide bonds. The van der Waals surface area contributed by atoms with Crippen LogP contribution in [0.3, 0.4) is 0 Å². The SMILES string of the molecule is O=C(CC[C@@H]1NC(=O)N(CCc2c[nH]c3ccccc23)C1=O)NCc1ccco1. The van der Waals surface area contributed by atoms with Crippen LogP contribution >= 0.6 is 0 Å². The fourth-order valence-electron chi connectivity index (χ4n) is 3.52. The van der Waals surface area contributed by atoms with Crippen molar-refractivity contribution in [2.75, 3.05) is 6.54 Å². The number of aromatic nitrogens is 1. The second kappa shape index (κ2) is 8.22. The van der Waals surface area contributed by atoms with E-state index in [4.69, 9.17) is 4.42 Å². The molecule has 0 spiro atoms. The van der Waals surface area contributed by atoms with E-state index in [2.05, 4.69) is 15.6 Å². The summed E-state index contributed by atoms with van der Waals surface area (Å²) in [7, 11) is 0. The zero-order chi connectivity index (χ0) is 20.2. The Morgan fingerprint density at radius 1 is 1.17 bits per heavy atom. The van der Waals surface area contributed by atoms with Gasteiger partial charge in [0.25, 0.3) is 5.91 Å². The number of aromatic amines is 1. The molecule has 0 aliphatic carbocycles. The minimum atomic E-state index is -0.667. The molecular weight excluding hydrogens is 372 g/mol. The number of urea groups is 1. The number of carbonyl (C=O) groups excluding carboxylic acids is 3. The summed E-state index contributed by atoms with van der Waals surface area (Å²) in [6.07, 6.45) is 4.43. The maximum atomic E-state index is 12.6. The second-order valence-corrected chi connectivity index (χ2v) is 7.00. The van der Waals surface area contributed by atoms with E-state index in [0.29, 0.717) is 25.3 Å². The highest BCUT2D eigenvalue weighted by atomic mass is 16.3. The first-order valence-electron chi connectivity index (χ1n) is 9.58. The highest BCUT2D eigenvalue weighted by Gasteiger charge is 2.37. The molecule has 1 atom stereocenters. The normalized spacial score (nSPS) is 16.4. The monoisotopic (exact) mass is 394 g/mol. The third-order valence-corrected chi connectivity index (χ3v) is 5.09. The Hall–Kier alpha value is -3.55. The Bertz CT molecular complexity index is 1020. The van der Waals surface area contributed by atoms with Gasteiger partial charge in [-0.15, -0.1) is 0 Å². The van der Waals surface area contributed by atoms with Crippen molar-refractivity contribution in [3.05, 3.63) is 60.2 Å². The Morgan fingerprint density at radius 3 is 2.86 bits per heavy atom. The predicted octanol–water partition coefficient (Wildman–Crippen LogP) is 2.32. The quantitative estimate of drug-likeness (QED) is 0.510. The van der Waals surface area contributed by atoms with E-state index >= 15 is 0 Å². The van der Waals surface area contributed by atoms with Crippen molar-refractivity contribution in [1.29, 1.82) is 0 Å². The first kappa shape index (κ1) is 18.8. The van der Waals surface area contributed by atoms with Crippen molar-refractivity contribution in [1.82, 2.24) is 20.5 Å². The number of amides is 4. The lowest BCUT2D eigenvalue weighted by molar-refractivity contribution is -0.127. The first-order chi connectivity index (χ1) is 14.1. The van der Waals surface area contributed by atoms with E-state index in [1.165, 1.54) is 4.90 Å². The molecule has 3 aromatic rings. The smallest absolute Gasteiger partial charge is 0.324 e. The van der Waals surface area contributed by atoms with E-state index in [9.17, 15) is 14.4 Å². The van der Waals surface area contributed by atoms with Gasteiger partial charge in [0, 0.05) is 30.1 Å². The minimum absolute atomic E-state index is 0.147. The Balaban J connectivity index is 1.27. The van der Waals surface area contributed by atoms with E-state index < -0.39 is 12.1 Å². The molecule has 8 heteroatoms. The van der Waals surface area contributed by atoms with Gasteiger partial charge < -0.3 is 20.0 Å². The van der Waals surface area contributed by atoms with Crippen LogP contribution in [0.4, 0.5) is 4.79 Å². The van der Waals surface area contributed by atoms with Gasteiger partial charge in [0.15, 0.2) is 0 Å². The third kappa shape index (κ3) is 4.16. The van der Waals surface area contributed by atoms with Crippen LogP contribution in [0.5, 0.6) is 0 Å². The number of furan rings is 1. The maximum Gasteiger partial charge on any atom is 0.324 e. The Kier molecular flexibility index (Phi) is 5.33. The molecular formula is C21H22N4O4. The molecule has 29 heavy (non-hydrogen) atoms. The molecule has 150 valence electrons. The van der Waals surface area contributed by atoms with Crippen molar-refractivity contribution in [2.24, 2.45) is 0 Å². The van der Waals surface area contributed by atoms with Crippen LogP contribution in [-0.2, 0) is 22.6 Å². The summed E-state index contributed by atoms with van der Waals surface area (Å²) in [6, 6.07) is 10.4. The topological polar surface area (TPSA) is 107 Å². The lowest BCUT2D eigenvalue weighted by Gasteiger charge is -2.12. The predicted molar refractivity (Wildman–Crippen MR) is 106 cm³/mol. The van der Waals surface area contributed by atoms with Crippen LogP contribution in [-0.4, -0.2) is 40.3 Å². The van der Waals surface area contributed by atoms with Gasteiger partial charge >= 0.3 is 6.03 Å². The number of nitrogens with zero attached hydrogens (tertiary/aromatic N) is 1. The summed E-state index contributed by atoms with van der Waals surface area (Å²) in [5.41, 5.74) is 2.08. The van der Waals surface area contributed by atoms with Crippen LogP contribution in [0.2, 0.25) is 0 Å². The van der Waals surface area contributed by atoms with Crippen molar-refractivity contribution in [2.45, 2.75) is 31.8 Å². The van der Waals surface area contributed by atoms with Crippen LogP contribution < -0.4 is 10.6 Å². The molecule has 8 nitrogen and oxygen atoms in total. The number of hydrogen-bond acceptors (Lipinski definition) is 4. The maximum absolute atomic E-state index is 12.6. The number of hydrogen-bond donors (Lipinski definition) is 3. The standard InChI is InChI=1S/C21H22N4O4/c26-19(23-13-15-4-3-11-29-15)8-7-18-20(27)25(21(28)24-18)10-9-14-12-22-17-6-2-1-5-16(14)17/h1-6,11-12,18,22H,7-10,13H2,(H,23,26)(H,24,28)/t18-/m0/s1. The van der Waals surface area contributed by atoms with Crippen LogP contribution in [0.15, 0.2) is 53.3 Å². The molecule has 0 radical (unpaired) electrons. The average molecular weight is 394 g/mol. The summed E-state index contributed by atoms with van der Waals surface area (Å²) < 4.78 is 5.16. The Morgan fingerprint density at radius 2 is 2.03 bits per heavy atom. The highest BCUT2D eigenvalue weighted by Crippen LogP contribution is 2.19. The fourth-order valence-corrected chi connectivity index (χ4v) is 3.52. The minimum Gasteiger partial charge on any atom is -0.467 e. The van der Waals surface area contributed by atoms with E-state index in [1.54, 1.807) is 18.4 Å². The number of carbonyl (C=O) groups is 3. The molecule has 2 aromatic heterocycles. The fraction of sp³-hybridized carbons (Fsp3) is 0.286. The summed E-state index contributed by atoms with van der Waals surface area (Å²) in [5, 5.41) is 6.50. The van der Waals surface area contributed by atoms with Gasteiger partial charge in [-0.2, -0.15) is 0 Å². The first-order valence-corrected chi connectivity index (χ1v) is 9.58. The van der Waals surface area contributed by atoms with Gasteiger partial charge in [0.05, 0.1) is 12.8 Å². The zero-order valence-electron chi connectivity index (χ0n) is 15.8. The van der Waals surface area contributed by atoms with Gasteiger partial charge in [-0.1, -0.05) is 18.2 Å². The number of nitrogens with one attached hydrogen (secondary N) is 3. The van der Waals surface area contributed by atoms with Crippen molar-refractivity contribution < 1.29 is 18.8 Å². The largest absolute Gasteiger partial charge is 0.467 e. The van der Waals surface area contributed by atoms with Crippen molar-refractivity contribution in [3.63, 3.8) is 0 Å². The zero-order valence-corrected chi connectivity index (χ0v) is 15.8. The lowest BCUT2D eigenvalue weighted by atomic mass is 10.1. The molecule has 4 rings (SSSR count). The van der Waals surface area contributed by atoms with Crippen LogP contribution in [0, 0.1) is 0 Å². The molecule has 1 aliphatic rings. The summed E-state index contributed by atoms with van der Waals surface area (Å²) in [4.78, 5) is 41.2. The van der Waals surface area contributed by atoms with E-state index in [1.807, 2.05) is 30.5 Å². The molecule has 0 unspecified atom stereocenters. The Labute approximate surface area is 167 Å². The van der Waals surface area contributed by atoms with Gasteiger partial charge in [-0.25, -0.2) is 4.79 Å². The lowest BCUT2D eigenvalue weighted by Crippen LogP contribution is -2.33. The molecule has 0 bridgehead atoms. The molecule has 1 saturated heterocycles. The summed E-state index contributed by atoms with van der Waals surface area (Å²) in [5.74, 6) is 0.182. The molecule has 0 saturated carbocycles. The number of rotatable bonds is 8. The molecule has 1 fully saturated rings. The molecule has 1 aliphatic heterocycles. The van der Waals surface area contributed by atoms with Crippen molar-refractivity contribution in [3.8, 4) is 0 Å². The third-order valence-electron chi connectivity index (χ3n) is 5.09. The van der Waals surface area contributed by atoms with Crippen LogP contribution in [0.25, 0.3) is 10.9 Å². The van der Waals surface area contributed by atoms with E-state index in [0.717, 1.165) is 16.5 Å². The summed E-state index contributed by atoms with van der Waals surface area (Å²) >= 11 is 0. The number of imide groups is 1. The highest BCUT2D eigenvalue weighted by molar-refractivity contribution is 6.04. The molecule has 3 heterocycles. The number of fused-ring (bicyclic) bond motifs is 1. The average Bonchev–Trinajstić information content (AvgIpc) is 3.44. The number of H-pyrrole nitrogens is 1. The van der Waals surface area contributed by atoms with Crippen molar-refractivity contribution >= 4 is 28.7 Å². The van der Waals surface area contributed by atoms with Gasteiger partial charge in [0.1, 0.15) is 11.8 Å². The van der Waals surface area contributed by atoms with Gasteiger partial charge in [-0.05, 0) is 36.6 Å². The molecule has 3 N–H and O–H groups in total. The second-order valence-electron chi connectivity index (χ2n) is 7.00. The van der Waals surface area contributed by atoms with Gasteiger partial charge in [-0.3, -0.25) is 14.5 Å². The van der Waals surface area contributed by atoms with Crippen LogP contribution in [0.1, 0.15) is 24.2 Å². The number of para-hydroxylation sites is 1. The summed E-state index contributed by atoms with van der Waals surface area (Å²) in [6.45, 7) is 0.598. The molecule has 1 aromatic carbocycles.